The zero-order valence-corrected chi connectivity index (χ0v) is 20.0. The summed E-state index contributed by atoms with van der Waals surface area (Å²) in [5, 5.41) is 15.3. The SMILES string of the molecule is COc1ccc(C2/C(=C(\O)c3ccc4ccccc4c3)C(=O)C(=O)N2Cc2cccs2)cc1OC. The van der Waals surface area contributed by atoms with Crippen molar-refractivity contribution in [3.8, 4) is 11.5 Å². The topological polar surface area (TPSA) is 76.1 Å². The Bertz CT molecular complexity index is 1460. The van der Waals surface area contributed by atoms with Gasteiger partial charge in [-0.15, -0.1) is 11.3 Å². The number of methoxy groups -OCH3 is 2. The minimum atomic E-state index is -0.789. The van der Waals surface area contributed by atoms with Crippen LogP contribution in [-0.2, 0) is 16.1 Å². The van der Waals surface area contributed by atoms with E-state index in [-0.39, 0.29) is 17.9 Å². The molecule has 176 valence electrons. The number of thiophene rings is 1. The number of rotatable bonds is 6. The standard InChI is InChI=1S/C28H23NO5S/c1-33-22-12-11-19(15-23(22)34-2)25-24(27(31)28(32)29(25)16-21-8-5-13-35-21)26(30)20-10-9-17-6-3-4-7-18(17)14-20/h3-15,25,30H,16H2,1-2H3/b26-24+. The average molecular weight is 486 g/mol. The maximum Gasteiger partial charge on any atom is 0.295 e. The van der Waals surface area contributed by atoms with Gasteiger partial charge in [-0.3, -0.25) is 9.59 Å². The summed E-state index contributed by atoms with van der Waals surface area (Å²) in [6, 6.07) is 21.5. The van der Waals surface area contributed by atoms with Gasteiger partial charge >= 0.3 is 0 Å². The van der Waals surface area contributed by atoms with Gasteiger partial charge in [-0.25, -0.2) is 0 Å². The molecule has 2 heterocycles. The van der Waals surface area contributed by atoms with Crippen LogP contribution in [0.4, 0.5) is 0 Å². The van der Waals surface area contributed by atoms with Crippen molar-refractivity contribution >= 4 is 39.6 Å². The molecule has 1 fully saturated rings. The van der Waals surface area contributed by atoms with E-state index >= 15 is 0 Å². The van der Waals surface area contributed by atoms with Crippen molar-refractivity contribution in [3.63, 3.8) is 0 Å². The van der Waals surface area contributed by atoms with E-state index in [9.17, 15) is 14.7 Å². The van der Waals surface area contributed by atoms with E-state index in [2.05, 4.69) is 0 Å². The molecule has 1 aliphatic rings. The van der Waals surface area contributed by atoms with Crippen LogP contribution in [0.3, 0.4) is 0 Å². The highest BCUT2D eigenvalue weighted by molar-refractivity contribution is 7.09. The number of amides is 1. The fraction of sp³-hybridized carbons (Fsp3) is 0.143. The zero-order valence-electron chi connectivity index (χ0n) is 19.2. The number of fused-ring (bicyclic) bond motifs is 1. The lowest BCUT2D eigenvalue weighted by molar-refractivity contribution is -0.140. The van der Waals surface area contributed by atoms with E-state index < -0.39 is 17.7 Å². The number of aliphatic hydroxyl groups excluding tert-OH is 1. The smallest absolute Gasteiger partial charge is 0.295 e. The molecule has 5 rings (SSSR count). The first-order valence-electron chi connectivity index (χ1n) is 11.0. The molecule has 3 aromatic carbocycles. The number of ketones is 1. The number of Topliss-reactive ketones (excluding diaryl/α,β-unsaturated/α-hetero) is 1. The summed E-state index contributed by atoms with van der Waals surface area (Å²) in [4.78, 5) is 29.0. The largest absolute Gasteiger partial charge is 0.507 e. The second-order valence-electron chi connectivity index (χ2n) is 8.18. The molecule has 0 saturated carbocycles. The third kappa shape index (κ3) is 4.04. The number of aliphatic hydroxyl groups is 1. The van der Waals surface area contributed by atoms with Gasteiger partial charge in [0, 0.05) is 10.4 Å². The van der Waals surface area contributed by atoms with Crippen LogP contribution in [0.5, 0.6) is 11.5 Å². The Hall–Kier alpha value is -4.10. The maximum absolute atomic E-state index is 13.3. The van der Waals surface area contributed by atoms with E-state index in [1.54, 1.807) is 31.4 Å². The molecule has 1 unspecified atom stereocenters. The van der Waals surface area contributed by atoms with Crippen LogP contribution in [0.2, 0.25) is 0 Å². The van der Waals surface area contributed by atoms with Crippen molar-refractivity contribution in [1.82, 2.24) is 4.90 Å². The van der Waals surface area contributed by atoms with Crippen molar-refractivity contribution in [2.75, 3.05) is 14.2 Å². The number of likely N-dealkylation sites (tertiary alicyclic amines) is 1. The Morgan fingerprint density at radius 1 is 0.914 bits per heavy atom. The third-order valence-electron chi connectivity index (χ3n) is 6.19. The quantitative estimate of drug-likeness (QED) is 0.220. The van der Waals surface area contributed by atoms with Crippen LogP contribution >= 0.6 is 11.3 Å². The van der Waals surface area contributed by atoms with Crippen molar-refractivity contribution < 1.29 is 24.2 Å². The van der Waals surface area contributed by atoms with Gasteiger partial charge in [0.2, 0.25) is 0 Å². The molecule has 1 atom stereocenters. The number of ether oxygens (including phenoxy) is 2. The summed E-state index contributed by atoms with van der Waals surface area (Å²) >= 11 is 1.50. The van der Waals surface area contributed by atoms with Crippen LogP contribution in [0.25, 0.3) is 16.5 Å². The molecule has 6 nitrogen and oxygen atoms in total. The molecule has 4 aromatic rings. The molecule has 0 aliphatic carbocycles. The monoisotopic (exact) mass is 485 g/mol. The van der Waals surface area contributed by atoms with Gasteiger partial charge in [-0.05, 0) is 46.0 Å². The fourth-order valence-corrected chi connectivity index (χ4v) is 5.18. The average Bonchev–Trinajstić information content (AvgIpc) is 3.50. The number of hydrogen-bond acceptors (Lipinski definition) is 6. The number of carbonyl (C=O) groups is 2. The highest BCUT2D eigenvalue weighted by Crippen LogP contribution is 2.43. The first-order valence-corrected chi connectivity index (χ1v) is 11.9. The zero-order chi connectivity index (χ0) is 24.5. The minimum absolute atomic E-state index is 0.0501. The first kappa shape index (κ1) is 22.7. The lowest BCUT2D eigenvalue weighted by atomic mass is 9.94. The van der Waals surface area contributed by atoms with E-state index in [1.165, 1.54) is 23.3 Å². The number of nitrogens with zero attached hydrogens (tertiary/aromatic N) is 1. The van der Waals surface area contributed by atoms with Gasteiger partial charge in [0.05, 0.1) is 32.4 Å². The van der Waals surface area contributed by atoms with Crippen LogP contribution in [-0.4, -0.2) is 35.9 Å². The van der Waals surface area contributed by atoms with E-state index in [0.29, 0.717) is 22.6 Å². The van der Waals surface area contributed by atoms with E-state index in [1.807, 2.05) is 53.9 Å². The lowest BCUT2D eigenvalue weighted by Gasteiger charge is -2.25. The van der Waals surface area contributed by atoms with Gasteiger partial charge in [-0.2, -0.15) is 0 Å². The first-order chi connectivity index (χ1) is 17.0. The van der Waals surface area contributed by atoms with Crippen LogP contribution in [0, 0.1) is 0 Å². The second kappa shape index (κ2) is 9.27. The number of carbonyl (C=O) groups excluding carboxylic acids is 2. The summed E-state index contributed by atoms with van der Waals surface area (Å²) in [5.41, 5.74) is 1.16. The number of hydrogen-bond donors (Lipinski definition) is 1. The predicted molar refractivity (Wildman–Crippen MR) is 136 cm³/mol. The van der Waals surface area contributed by atoms with Crippen molar-refractivity contribution in [3.05, 3.63) is 99.8 Å². The number of benzene rings is 3. The summed E-state index contributed by atoms with van der Waals surface area (Å²) in [7, 11) is 3.07. The van der Waals surface area contributed by atoms with E-state index in [4.69, 9.17) is 9.47 Å². The summed E-state index contributed by atoms with van der Waals surface area (Å²) < 4.78 is 10.8. The molecule has 1 N–H and O–H groups in total. The molecule has 7 heteroatoms. The van der Waals surface area contributed by atoms with Gasteiger partial charge in [0.15, 0.2) is 11.5 Å². The van der Waals surface area contributed by atoms with Gasteiger partial charge in [0.1, 0.15) is 5.76 Å². The summed E-state index contributed by atoms with van der Waals surface area (Å²) in [6.45, 7) is 0.246. The Kier molecular flexibility index (Phi) is 6.01. The Morgan fingerprint density at radius 3 is 2.40 bits per heavy atom. The summed E-state index contributed by atoms with van der Waals surface area (Å²) in [5.74, 6) is -0.575. The van der Waals surface area contributed by atoms with Gasteiger partial charge in [0.25, 0.3) is 11.7 Å². The highest BCUT2D eigenvalue weighted by atomic mass is 32.1. The predicted octanol–water partition coefficient (Wildman–Crippen LogP) is 5.54. The van der Waals surface area contributed by atoms with Crippen LogP contribution < -0.4 is 9.47 Å². The van der Waals surface area contributed by atoms with Gasteiger partial charge in [-0.1, -0.05) is 48.5 Å². The molecule has 1 amide bonds. The summed E-state index contributed by atoms with van der Waals surface area (Å²) in [6.07, 6.45) is 0. The highest BCUT2D eigenvalue weighted by Gasteiger charge is 2.46. The Labute approximate surface area is 206 Å². The van der Waals surface area contributed by atoms with Crippen LogP contribution in [0.15, 0.2) is 83.7 Å². The minimum Gasteiger partial charge on any atom is -0.507 e. The molecule has 35 heavy (non-hydrogen) atoms. The molecular formula is C28H23NO5S. The van der Waals surface area contributed by atoms with Crippen molar-refractivity contribution in [2.24, 2.45) is 0 Å². The van der Waals surface area contributed by atoms with E-state index in [0.717, 1.165) is 15.6 Å². The molecule has 0 bridgehead atoms. The second-order valence-corrected chi connectivity index (χ2v) is 9.21. The molecule has 0 radical (unpaired) electrons. The molecule has 1 aromatic heterocycles. The fourth-order valence-electron chi connectivity index (χ4n) is 4.48. The third-order valence-corrected chi connectivity index (χ3v) is 7.05. The molecule has 1 saturated heterocycles. The molecule has 0 spiro atoms. The van der Waals surface area contributed by atoms with Crippen molar-refractivity contribution in [1.29, 1.82) is 0 Å². The van der Waals surface area contributed by atoms with Crippen molar-refractivity contribution in [2.45, 2.75) is 12.6 Å². The van der Waals surface area contributed by atoms with Crippen LogP contribution in [0.1, 0.15) is 22.0 Å². The molecular weight excluding hydrogens is 462 g/mol. The lowest BCUT2D eigenvalue weighted by Crippen LogP contribution is -2.28. The molecule has 1 aliphatic heterocycles. The van der Waals surface area contributed by atoms with Gasteiger partial charge < -0.3 is 19.5 Å². The maximum atomic E-state index is 13.3. The normalized spacial score (nSPS) is 17.2. The Morgan fingerprint density at radius 2 is 1.69 bits per heavy atom. The Balaban J connectivity index is 1.69.